The maximum atomic E-state index is 12.8. The van der Waals surface area contributed by atoms with Gasteiger partial charge in [-0.1, -0.05) is 18.0 Å². The first kappa shape index (κ1) is 19.0. The van der Waals surface area contributed by atoms with Gasteiger partial charge in [0, 0.05) is 31.6 Å². The van der Waals surface area contributed by atoms with Crippen molar-refractivity contribution in [2.75, 3.05) is 25.5 Å². The first-order valence-corrected chi connectivity index (χ1v) is 9.55. The second-order valence-corrected chi connectivity index (χ2v) is 7.50. The molecule has 2 heterocycles. The molecule has 2 unspecified atom stereocenters. The van der Waals surface area contributed by atoms with E-state index in [1.54, 1.807) is 12.1 Å². The number of hydrogen-bond donors (Lipinski definition) is 2. The molecule has 2 N–H and O–H groups in total. The Balaban J connectivity index is 1.71. The van der Waals surface area contributed by atoms with Crippen molar-refractivity contribution in [3.8, 4) is 5.75 Å². The maximum absolute atomic E-state index is 12.8. The molecule has 0 bridgehead atoms. The van der Waals surface area contributed by atoms with Crippen LogP contribution in [-0.2, 0) is 4.79 Å². The van der Waals surface area contributed by atoms with Crippen molar-refractivity contribution in [3.63, 3.8) is 0 Å². The molecule has 2 aliphatic rings. The quantitative estimate of drug-likeness (QED) is 0.843. The van der Waals surface area contributed by atoms with Crippen molar-refractivity contribution in [3.05, 3.63) is 22.7 Å². The van der Waals surface area contributed by atoms with Crippen LogP contribution in [0, 0.1) is 0 Å². The van der Waals surface area contributed by atoms with Crippen molar-refractivity contribution in [1.82, 2.24) is 10.2 Å². The van der Waals surface area contributed by atoms with Gasteiger partial charge in [0.15, 0.2) is 0 Å². The van der Waals surface area contributed by atoms with Gasteiger partial charge in [0.25, 0.3) is 5.91 Å². The molecule has 6 nitrogen and oxygen atoms in total. The zero-order valence-corrected chi connectivity index (χ0v) is 16.1. The van der Waals surface area contributed by atoms with Gasteiger partial charge < -0.3 is 20.3 Å². The number of carbonyl (C=O) groups excluding carboxylic acids is 2. The van der Waals surface area contributed by atoms with E-state index in [1.807, 2.05) is 0 Å². The third kappa shape index (κ3) is 4.30. The van der Waals surface area contributed by atoms with Gasteiger partial charge in [-0.2, -0.15) is 0 Å². The fraction of sp³-hybridized carbons (Fsp3) is 0.579. The van der Waals surface area contributed by atoms with Crippen LogP contribution in [-0.4, -0.2) is 49.0 Å². The Labute approximate surface area is 159 Å². The van der Waals surface area contributed by atoms with Crippen molar-refractivity contribution in [1.29, 1.82) is 0 Å². The second-order valence-electron chi connectivity index (χ2n) is 7.09. The van der Waals surface area contributed by atoms with Crippen LogP contribution in [0.3, 0.4) is 0 Å². The minimum atomic E-state index is -0.231. The van der Waals surface area contributed by atoms with E-state index in [0.717, 1.165) is 19.4 Å². The first-order chi connectivity index (χ1) is 12.5. The minimum absolute atomic E-state index is 0.167. The molecule has 2 saturated heterocycles. The number of methoxy groups -OCH3 is 1. The number of hydrogen-bond acceptors (Lipinski definition) is 4. The van der Waals surface area contributed by atoms with E-state index < -0.39 is 0 Å². The largest absolute Gasteiger partial charge is 0.496 e. The van der Waals surface area contributed by atoms with Gasteiger partial charge in [0.2, 0.25) is 5.91 Å². The predicted octanol–water partition coefficient (Wildman–Crippen LogP) is 3.05. The highest BCUT2D eigenvalue weighted by atomic mass is 35.5. The predicted molar refractivity (Wildman–Crippen MR) is 102 cm³/mol. The highest BCUT2D eigenvalue weighted by Gasteiger charge is 2.31. The Morgan fingerprint density at radius 2 is 2.04 bits per heavy atom. The Morgan fingerprint density at radius 1 is 1.23 bits per heavy atom. The highest BCUT2D eigenvalue weighted by molar-refractivity contribution is 6.34. The molecule has 0 spiro atoms. The van der Waals surface area contributed by atoms with E-state index in [4.69, 9.17) is 16.3 Å². The maximum Gasteiger partial charge on any atom is 0.255 e. The van der Waals surface area contributed by atoms with Gasteiger partial charge in [-0.05, 0) is 38.3 Å². The van der Waals surface area contributed by atoms with E-state index >= 15 is 0 Å². The normalized spacial score (nSPS) is 23.0. The van der Waals surface area contributed by atoms with Crippen molar-refractivity contribution in [2.24, 2.45) is 0 Å². The van der Waals surface area contributed by atoms with E-state index in [0.29, 0.717) is 28.1 Å². The summed E-state index contributed by atoms with van der Waals surface area (Å²) in [6.45, 7) is 3.62. The topological polar surface area (TPSA) is 70.7 Å². The Morgan fingerprint density at radius 3 is 2.77 bits per heavy atom. The molecular formula is C19H26ClN3O3. The molecule has 2 aliphatic heterocycles. The number of rotatable bonds is 4. The molecular weight excluding hydrogens is 354 g/mol. The number of ether oxygens (including phenoxy) is 1. The number of nitrogens with one attached hydrogen (secondary N) is 2. The zero-order valence-electron chi connectivity index (χ0n) is 15.3. The molecule has 3 rings (SSSR count). The number of fused-ring (bicyclic) bond motifs is 1. The monoisotopic (exact) mass is 379 g/mol. The van der Waals surface area contributed by atoms with Crippen molar-refractivity contribution < 1.29 is 14.3 Å². The molecule has 1 aromatic carbocycles. The van der Waals surface area contributed by atoms with Gasteiger partial charge in [-0.25, -0.2) is 0 Å². The molecule has 0 saturated carbocycles. The van der Waals surface area contributed by atoms with Crippen LogP contribution in [0.15, 0.2) is 12.1 Å². The Hall–Kier alpha value is -1.79. The third-order valence-electron chi connectivity index (χ3n) is 5.25. The molecule has 142 valence electrons. The summed E-state index contributed by atoms with van der Waals surface area (Å²) in [5.41, 5.74) is 0.820. The van der Waals surface area contributed by atoms with Crippen LogP contribution in [0.25, 0.3) is 0 Å². The lowest BCUT2D eigenvalue weighted by Gasteiger charge is -2.42. The fourth-order valence-corrected chi connectivity index (χ4v) is 4.18. The Kier molecular flexibility index (Phi) is 6.04. The summed E-state index contributed by atoms with van der Waals surface area (Å²) < 4.78 is 5.34. The summed E-state index contributed by atoms with van der Waals surface area (Å²) in [6.07, 6.45) is 5.72. The molecule has 0 aliphatic carbocycles. The summed E-state index contributed by atoms with van der Waals surface area (Å²) in [5.74, 6) is -0.0245. The lowest BCUT2D eigenvalue weighted by molar-refractivity contribution is -0.114. The van der Waals surface area contributed by atoms with Gasteiger partial charge in [-0.3, -0.25) is 9.59 Å². The minimum Gasteiger partial charge on any atom is -0.496 e. The van der Waals surface area contributed by atoms with Crippen LogP contribution in [0.4, 0.5) is 5.69 Å². The smallest absolute Gasteiger partial charge is 0.255 e. The Bertz CT molecular complexity index is 695. The van der Waals surface area contributed by atoms with Crippen LogP contribution >= 0.6 is 11.6 Å². The first-order valence-electron chi connectivity index (χ1n) is 9.18. The highest BCUT2D eigenvalue weighted by Crippen LogP contribution is 2.32. The number of benzene rings is 1. The fourth-order valence-electron chi connectivity index (χ4n) is 3.97. The van der Waals surface area contributed by atoms with E-state index in [9.17, 15) is 9.59 Å². The molecule has 2 fully saturated rings. The number of anilines is 1. The number of piperidine rings is 2. The lowest BCUT2D eigenvalue weighted by Crippen LogP contribution is -2.51. The number of nitrogens with zero attached hydrogens (tertiary/aromatic N) is 1. The van der Waals surface area contributed by atoms with Crippen LogP contribution < -0.4 is 15.4 Å². The molecule has 7 heteroatoms. The molecule has 2 amide bonds. The van der Waals surface area contributed by atoms with Gasteiger partial charge in [-0.15, -0.1) is 0 Å². The molecule has 26 heavy (non-hydrogen) atoms. The SMILES string of the molecule is COc1cc(NC(C)=O)c(Cl)cc1C(=O)NC1CCN2CCCCC2C1. The van der Waals surface area contributed by atoms with Crippen LogP contribution in [0.5, 0.6) is 5.75 Å². The molecule has 1 aromatic rings. The average molecular weight is 380 g/mol. The lowest BCUT2D eigenvalue weighted by atomic mass is 9.90. The molecule has 0 aromatic heterocycles. The summed E-state index contributed by atoms with van der Waals surface area (Å²) in [7, 11) is 1.50. The second kappa shape index (κ2) is 8.27. The van der Waals surface area contributed by atoms with Crippen LogP contribution in [0.1, 0.15) is 49.4 Å². The average Bonchev–Trinajstić information content (AvgIpc) is 2.62. The van der Waals surface area contributed by atoms with E-state index in [2.05, 4.69) is 15.5 Å². The number of halogens is 1. The third-order valence-corrected chi connectivity index (χ3v) is 5.56. The number of carbonyl (C=O) groups is 2. The summed E-state index contributed by atoms with van der Waals surface area (Å²) >= 11 is 6.22. The molecule has 2 atom stereocenters. The van der Waals surface area contributed by atoms with Crippen molar-refractivity contribution in [2.45, 2.75) is 51.1 Å². The standard InChI is InChI=1S/C19H26ClN3O3/c1-12(24)21-17-11-18(26-2)15(10-16(17)20)19(25)22-13-6-8-23-7-4-3-5-14(23)9-13/h10-11,13-14H,3-9H2,1-2H3,(H,21,24)(H,22,25). The van der Waals surface area contributed by atoms with Gasteiger partial charge >= 0.3 is 0 Å². The zero-order chi connectivity index (χ0) is 18.7. The summed E-state index contributed by atoms with van der Waals surface area (Å²) in [4.78, 5) is 26.6. The summed E-state index contributed by atoms with van der Waals surface area (Å²) in [6, 6.07) is 3.88. The van der Waals surface area contributed by atoms with E-state index in [1.165, 1.54) is 39.8 Å². The molecule has 0 radical (unpaired) electrons. The van der Waals surface area contributed by atoms with Crippen LogP contribution in [0.2, 0.25) is 5.02 Å². The van der Waals surface area contributed by atoms with E-state index in [-0.39, 0.29) is 17.9 Å². The van der Waals surface area contributed by atoms with Gasteiger partial charge in [0.05, 0.1) is 23.4 Å². The van der Waals surface area contributed by atoms with Crippen molar-refractivity contribution >= 4 is 29.1 Å². The van der Waals surface area contributed by atoms with Gasteiger partial charge in [0.1, 0.15) is 5.75 Å². The summed E-state index contributed by atoms with van der Waals surface area (Å²) in [5, 5.41) is 6.09. The number of amides is 2.